The van der Waals surface area contributed by atoms with Crippen molar-refractivity contribution >= 4 is 5.95 Å². The zero-order valence-electron chi connectivity index (χ0n) is 11.4. The first kappa shape index (κ1) is 13.2. The van der Waals surface area contributed by atoms with E-state index in [1.807, 2.05) is 6.92 Å². The third kappa shape index (κ3) is 2.79. The summed E-state index contributed by atoms with van der Waals surface area (Å²) in [5.41, 5.74) is 1.68. The smallest absolute Gasteiger partial charge is 0.225 e. The molecule has 1 aliphatic heterocycles. The summed E-state index contributed by atoms with van der Waals surface area (Å²) < 4.78 is 0. The van der Waals surface area contributed by atoms with Gasteiger partial charge in [-0.25, -0.2) is 9.97 Å². The predicted molar refractivity (Wildman–Crippen MR) is 71.6 cm³/mol. The molecule has 1 saturated heterocycles. The van der Waals surface area contributed by atoms with E-state index < -0.39 is 0 Å². The Hall–Kier alpha value is -1.20. The molecule has 1 aromatic rings. The summed E-state index contributed by atoms with van der Waals surface area (Å²) in [7, 11) is 4.19. The number of anilines is 1. The molecule has 2 heterocycles. The summed E-state index contributed by atoms with van der Waals surface area (Å²) in [5, 5.41) is 9.15. The van der Waals surface area contributed by atoms with Crippen molar-refractivity contribution in [1.29, 1.82) is 0 Å². The number of hydrogen-bond acceptors (Lipinski definition) is 5. The van der Waals surface area contributed by atoms with Crippen molar-refractivity contribution in [1.82, 2.24) is 14.9 Å². The van der Waals surface area contributed by atoms with Gasteiger partial charge in [0.05, 0.1) is 6.61 Å². The van der Waals surface area contributed by atoms with Gasteiger partial charge in [-0.2, -0.15) is 0 Å². The first-order chi connectivity index (χ1) is 8.61. The second kappa shape index (κ2) is 5.63. The van der Waals surface area contributed by atoms with Crippen LogP contribution in [0.1, 0.15) is 24.1 Å². The van der Waals surface area contributed by atoms with Gasteiger partial charge in [-0.05, 0) is 33.9 Å². The van der Waals surface area contributed by atoms with Gasteiger partial charge >= 0.3 is 0 Å². The zero-order valence-corrected chi connectivity index (χ0v) is 11.4. The molecule has 0 aromatic carbocycles. The van der Waals surface area contributed by atoms with E-state index in [2.05, 4.69) is 33.9 Å². The molecule has 0 aliphatic carbocycles. The Morgan fingerprint density at radius 2 is 2.28 bits per heavy atom. The molecule has 1 aromatic heterocycles. The van der Waals surface area contributed by atoms with Gasteiger partial charge in [-0.15, -0.1) is 0 Å². The van der Waals surface area contributed by atoms with E-state index in [4.69, 9.17) is 5.11 Å². The molecule has 0 spiro atoms. The average Bonchev–Trinajstić information content (AvgIpc) is 2.76. The van der Waals surface area contributed by atoms with Crippen molar-refractivity contribution in [3.8, 4) is 0 Å². The number of hydrogen-bond donors (Lipinski definition) is 1. The lowest BCUT2D eigenvalue weighted by atomic mass is 10.2. The first-order valence-corrected chi connectivity index (χ1v) is 6.46. The minimum Gasteiger partial charge on any atom is -0.392 e. The van der Waals surface area contributed by atoms with E-state index in [1.165, 1.54) is 12.8 Å². The Balaban J connectivity index is 2.17. The van der Waals surface area contributed by atoms with Crippen molar-refractivity contribution < 1.29 is 5.11 Å². The Bertz CT molecular complexity index is 408. The van der Waals surface area contributed by atoms with E-state index in [1.54, 1.807) is 6.20 Å². The van der Waals surface area contributed by atoms with Crippen molar-refractivity contribution in [2.45, 2.75) is 32.4 Å². The topological polar surface area (TPSA) is 52.5 Å². The van der Waals surface area contributed by atoms with Gasteiger partial charge in [0.1, 0.15) is 0 Å². The fourth-order valence-corrected chi connectivity index (χ4v) is 2.48. The van der Waals surface area contributed by atoms with Gasteiger partial charge in [0.15, 0.2) is 0 Å². The highest BCUT2D eigenvalue weighted by molar-refractivity contribution is 5.35. The number of aliphatic hydroxyl groups excluding tert-OH is 1. The van der Waals surface area contributed by atoms with E-state index in [0.29, 0.717) is 6.04 Å². The van der Waals surface area contributed by atoms with Crippen LogP contribution in [0.2, 0.25) is 0 Å². The quantitative estimate of drug-likeness (QED) is 0.857. The molecular weight excluding hydrogens is 228 g/mol. The monoisotopic (exact) mass is 250 g/mol. The summed E-state index contributed by atoms with van der Waals surface area (Å²) in [6.45, 7) is 3.99. The molecule has 1 unspecified atom stereocenters. The molecule has 5 nitrogen and oxygen atoms in total. The highest BCUT2D eigenvalue weighted by atomic mass is 16.3. The number of likely N-dealkylation sites (N-methyl/N-ethyl adjacent to an activating group) is 1. The maximum atomic E-state index is 9.15. The van der Waals surface area contributed by atoms with E-state index in [0.717, 1.165) is 30.3 Å². The number of nitrogens with zero attached hydrogens (tertiary/aromatic N) is 4. The third-order valence-electron chi connectivity index (χ3n) is 3.45. The second-order valence-electron chi connectivity index (χ2n) is 5.19. The lowest BCUT2D eigenvalue weighted by Gasteiger charge is -2.27. The lowest BCUT2D eigenvalue weighted by molar-refractivity contribution is 0.280. The minimum atomic E-state index is 0.00718. The van der Waals surface area contributed by atoms with Crippen LogP contribution in [0, 0.1) is 6.92 Å². The summed E-state index contributed by atoms with van der Waals surface area (Å²) in [5.74, 6) is 0.800. The van der Waals surface area contributed by atoms with Crippen LogP contribution < -0.4 is 4.90 Å². The highest BCUT2D eigenvalue weighted by Gasteiger charge is 2.27. The highest BCUT2D eigenvalue weighted by Crippen LogP contribution is 2.23. The Labute approximate surface area is 108 Å². The molecule has 1 N–H and O–H groups in total. The van der Waals surface area contributed by atoms with Crippen LogP contribution in [0.5, 0.6) is 0 Å². The standard InChI is InChI=1S/C13H22N4O/c1-10-11(9-18)7-14-13(15-10)17-6-4-5-12(17)8-16(2)3/h7,12,18H,4-6,8-9H2,1-3H3. The molecule has 0 radical (unpaired) electrons. The molecule has 0 bridgehead atoms. The molecule has 5 heteroatoms. The minimum absolute atomic E-state index is 0.00718. The number of aromatic nitrogens is 2. The lowest BCUT2D eigenvalue weighted by Crippen LogP contribution is -2.38. The van der Waals surface area contributed by atoms with Crippen molar-refractivity contribution in [3.63, 3.8) is 0 Å². The molecule has 100 valence electrons. The van der Waals surface area contributed by atoms with Crippen molar-refractivity contribution in [2.75, 3.05) is 32.1 Å². The van der Waals surface area contributed by atoms with Crippen LogP contribution in [0.4, 0.5) is 5.95 Å². The summed E-state index contributed by atoms with van der Waals surface area (Å²) in [6, 6.07) is 0.499. The largest absolute Gasteiger partial charge is 0.392 e. The summed E-state index contributed by atoms with van der Waals surface area (Å²) in [6.07, 6.45) is 4.13. The summed E-state index contributed by atoms with van der Waals surface area (Å²) in [4.78, 5) is 13.4. The number of rotatable bonds is 4. The molecule has 1 fully saturated rings. The van der Waals surface area contributed by atoms with Crippen LogP contribution in [0.25, 0.3) is 0 Å². The Kier molecular flexibility index (Phi) is 4.14. The molecule has 18 heavy (non-hydrogen) atoms. The van der Waals surface area contributed by atoms with E-state index in [-0.39, 0.29) is 6.61 Å². The van der Waals surface area contributed by atoms with E-state index >= 15 is 0 Å². The van der Waals surface area contributed by atoms with Gasteiger partial charge in [0, 0.05) is 36.6 Å². The normalized spacial score (nSPS) is 19.8. The molecule has 0 amide bonds. The van der Waals surface area contributed by atoms with Crippen LogP contribution in [0.3, 0.4) is 0 Å². The van der Waals surface area contributed by atoms with Crippen LogP contribution >= 0.6 is 0 Å². The van der Waals surface area contributed by atoms with E-state index in [9.17, 15) is 0 Å². The summed E-state index contributed by atoms with van der Waals surface area (Å²) >= 11 is 0. The second-order valence-corrected chi connectivity index (χ2v) is 5.19. The third-order valence-corrected chi connectivity index (χ3v) is 3.45. The Morgan fingerprint density at radius 1 is 1.50 bits per heavy atom. The molecule has 0 saturated carbocycles. The predicted octanol–water partition coefficient (Wildman–Crippen LogP) is 0.808. The van der Waals surface area contributed by atoms with Gasteiger partial charge in [0.25, 0.3) is 0 Å². The molecule has 2 rings (SSSR count). The number of aliphatic hydroxyl groups is 1. The van der Waals surface area contributed by atoms with Gasteiger partial charge in [0.2, 0.25) is 5.95 Å². The number of aryl methyl sites for hydroxylation is 1. The average molecular weight is 250 g/mol. The van der Waals surface area contributed by atoms with Crippen LogP contribution in [-0.4, -0.2) is 53.2 Å². The first-order valence-electron chi connectivity index (χ1n) is 6.46. The maximum Gasteiger partial charge on any atom is 0.225 e. The van der Waals surface area contributed by atoms with Crippen molar-refractivity contribution in [3.05, 3.63) is 17.5 Å². The fourth-order valence-electron chi connectivity index (χ4n) is 2.48. The zero-order chi connectivity index (χ0) is 13.1. The van der Waals surface area contributed by atoms with Crippen LogP contribution in [0.15, 0.2) is 6.20 Å². The van der Waals surface area contributed by atoms with Gasteiger partial charge in [-0.3, -0.25) is 0 Å². The molecule has 1 aliphatic rings. The SMILES string of the molecule is Cc1nc(N2CCCC2CN(C)C)ncc1CO. The maximum absolute atomic E-state index is 9.15. The van der Waals surface area contributed by atoms with Gasteiger partial charge < -0.3 is 14.9 Å². The van der Waals surface area contributed by atoms with Crippen molar-refractivity contribution in [2.24, 2.45) is 0 Å². The Morgan fingerprint density at radius 3 is 2.89 bits per heavy atom. The molecular formula is C13H22N4O. The molecule has 1 atom stereocenters. The van der Waals surface area contributed by atoms with Gasteiger partial charge in [-0.1, -0.05) is 0 Å². The van der Waals surface area contributed by atoms with Crippen LogP contribution in [-0.2, 0) is 6.61 Å². The fraction of sp³-hybridized carbons (Fsp3) is 0.692.